The van der Waals surface area contributed by atoms with Gasteiger partial charge in [0.2, 0.25) is 0 Å². The van der Waals surface area contributed by atoms with Gasteiger partial charge in [-0.1, -0.05) is 17.7 Å². The predicted octanol–water partition coefficient (Wildman–Crippen LogP) is 2.55. The minimum atomic E-state index is -1.10. The van der Waals surface area contributed by atoms with Crippen molar-refractivity contribution in [3.8, 4) is 6.07 Å². The van der Waals surface area contributed by atoms with Crippen molar-refractivity contribution in [2.75, 3.05) is 0 Å². The van der Waals surface area contributed by atoms with Gasteiger partial charge >= 0.3 is 0 Å². The van der Waals surface area contributed by atoms with Crippen LogP contribution < -0.4 is 0 Å². The molecule has 1 aliphatic carbocycles. The smallest absolute Gasteiger partial charge is 0.127 e. The zero-order chi connectivity index (χ0) is 8.27. The van der Waals surface area contributed by atoms with Crippen molar-refractivity contribution in [2.24, 2.45) is 5.92 Å². The predicted molar refractivity (Wildman–Crippen MR) is 41.7 cm³/mol. The molecule has 0 saturated heterocycles. The molecule has 58 valence electrons. The second-order valence-corrected chi connectivity index (χ2v) is 2.82. The lowest BCUT2D eigenvalue weighted by atomic mass is 9.96. The Labute approximate surface area is 69.8 Å². The maximum Gasteiger partial charge on any atom is 0.127 e. The third kappa shape index (κ3) is 2.06. The minimum absolute atomic E-state index is 0.207. The van der Waals surface area contributed by atoms with Crippen molar-refractivity contribution < 1.29 is 4.39 Å². The molecule has 0 spiro atoms. The molecule has 2 atom stereocenters. The summed E-state index contributed by atoms with van der Waals surface area (Å²) in [6, 6.07) is 1.92. The number of nitrogens with zero attached hydrogens (tertiary/aromatic N) is 1. The molecular formula is C8H7ClFN. The van der Waals surface area contributed by atoms with Crippen LogP contribution in [-0.2, 0) is 0 Å². The van der Waals surface area contributed by atoms with Crippen LogP contribution in [0.25, 0.3) is 0 Å². The molecule has 0 fully saturated rings. The maximum absolute atomic E-state index is 12.9. The summed E-state index contributed by atoms with van der Waals surface area (Å²) in [5.41, 5.74) is 0. The summed E-state index contributed by atoms with van der Waals surface area (Å²) < 4.78 is 12.9. The van der Waals surface area contributed by atoms with E-state index in [1.165, 1.54) is 6.08 Å². The normalized spacial score (nSPS) is 29.4. The lowest BCUT2D eigenvalue weighted by molar-refractivity contribution is 0.321. The molecule has 0 aromatic heterocycles. The summed E-state index contributed by atoms with van der Waals surface area (Å²) in [6.45, 7) is 0. The molecule has 1 nitrogen and oxygen atoms in total. The van der Waals surface area contributed by atoms with Crippen molar-refractivity contribution >= 4 is 11.6 Å². The number of alkyl halides is 1. The van der Waals surface area contributed by atoms with E-state index < -0.39 is 6.17 Å². The van der Waals surface area contributed by atoms with Crippen LogP contribution in [-0.4, -0.2) is 6.17 Å². The Morgan fingerprint density at radius 2 is 2.45 bits per heavy atom. The summed E-state index contributed by atoms with van der Waals surface area (Å²) in [6.07, 6.45) is 3.68. The van der Waals surface area contributed by atoms with Gasteiger partial charge in [0.05, 0.1) is 6.07 Å². The van der Waals surface area contributed by atoms with E-state index >= 15 is 0 Å². The van der Waals surface area contributed by atoms with Gasteiger partial charge in [-0.2, -0.15) is 5.26 Å². The SMILES string of the molecule is N#CCC1C=CC(Cl)=CC1F. The Kier molecular flexibility index (Phi) is 2.67. The second-order valence-electron chi connectivity index (χ2n) is 2.38. The molecule has 0 aromatic carbocycles. The van der Waals surface area contributed by atoms with Crippen LogP contribution in [0.3, 0.4) is 0 Å². The van der Waals surface area contributed by atoms with Gasteiger partial charge in [-0.25, -0.2) is 4.39 Å². The fraction of sp³-hybridized carbons (Fsp3) is 0.375. The molecule has 0 bridgehead atoms. The topological polar surface area (TPSA) is 23.8 Å². The highest BCUT2D eigenvalue weighted by Crippen LogP contribution is 2.23. The number of allylic oxidation sites excluding steroid dienone is 4. The molecule has 0 N–H and O–H groups in total. The van der Waals surface area contributed by atoms with E-state index in [0.717, 1.165) is 0 Å². The number of halogens is 2. The highest BCUT2D eigenvalue weighted by Gasteiger charge is 2.18. The average Bonchev–Trinajstić information content (AvgIpc) is 1.95. The molecule has 0 radical (unpaired) electrons. The van der Waals surface area contributed by atoms with Crippen molar-refractivity contribution in [1.29, 1.82) is 5.26 Å². The van der Waals surface area contributed by atoms with Crippen molar-refractivity contribution in [3.05, 3.63) is 23.3 Å². The molecule has 0 amide bonds. The van der Waals surface area contributed by atoms with E-state index in [-0.39, 0.29) is 12.3 Å². The highest BCUT2D eigenvalue weighted by atomic mass is 35.5. The number of nitriles is 1. The first-order chi connectivity index (χ1) is 5.24. The Morgan fingerprint density at radius 1 is 1.73 bits per heavy atom. The summed E-state index contributed by atoms with van der Waals surface area (Å²) in [7, 11) is 0. The van der Waals surface area contributed by atoms with Gasteiger partial charge in [0.15, 0.2) is 0 Å². The summed E-state index contributed by atoms with van der Waals surface area (Å²) in [5, 5.41) is 8.71. The molecule has 1 rings (SSSR count). The van der Waals surface area contributed by atoms with E-state index in [4.69, 9.17) is 16.9 Å². The van der Waals surface area contributed by atoms with Gasteiger partial charge in [0, 0.05) is 17.4 Å². The highest BCUT2D eigenvalue weighted by molar-refractivity contribution is 6.31. The first-order valence-electron chi connectivity index (χ1n) is 3.30. The Hall–Kier alpha value is -0.810. The van der Waals surface area contributed by atoms with Crippen LogP contribution in [0.1, 0.15) is 6.42 Å². The molecule has 0 aromatic rings. The molecule has 1 aliphatic rings. The summed E-state index contributed by atoms with van der Waals surface area (Å²) in [5.74, 6) is -0.317. The van der Waals surface area contributed by atoms with Crippen LogP contribution in [0.15, 0.2) is 23.3 Å². The van der Waals surface area contributed by atoms with Gasteiger partial charge in [0.25, 0.3) is 0 Å². The zero-order valence-corrected chi connectivity index (χ0v) is 6.55. The number of hydrogen-bond donors (Lipinski definition) is 0. The second kappa shape index (κ2) is 3.54. The maximum atomic E-state index is 12.9. The van der Waals surface area contributed by atoms with Crippen LogP contribution in [0.4, 0.5) is 4.39 Å². The van der Waals surface area contributed by atoms with Gasteiger partial charge < -0.3 is 0 Å². The van der Waals surface area contributed by atoms with Crippen molar-refractivity contribution in [2.45, 2.75) is 12.6 Å². The monoisotopic (exact) mass is 171 g/mol. The van der Waals surface area contributed by atoms with Gasteiger partial charge in [-0.3, -0.25) is 0 Å². The fourth-order valence-electron chi connectivity index (χ4n) is 0.939. The van der Waals surface area contributed by atoms with E-state index in [9.17, 15) is 4.39 Å². The zero-order valence-electron chi connectivity index (χ0n) is 5.80. The van der Waals surface area contributed by atoms with E-state index in [2.05, 4.69) is 0 Å². The molecule has 2 unspecified atom stereocenters. The Balaban J connectivity index is 2.63. The quantitative estimate of drug-likeness (QED) is 0.595. The largest absolute Gasteiger partial charge is 0.242 e. The average molecular weight is 172 g/mol. The van der Waals surface area contributed by atoms with Crippen LogP contribution in [0.2, 0.25) is 0 Å². The van der Waals surface area contributed by atoms with E-state index in [1.54, 1.807) is 12.2 Å². The van der Waals surface area contributed by atoms with Gasteiger partial charge in [-0.05, 0) is 12.2 Å². The lowest BCUT2D eigenvalue weighted by Crippen LogP contribution is -2.13. The Morgan fingerprint density at radius 3 is 3.00 bits per heavy atom. The number of rotatable bonds is 1. The molecule has 3 heteroatoms. The molecular weight excluding hydrogens is 165 g/mol. The summed E-state index contributed by atoms with van der Waals surface area (Å²) >= 11 is 5.53. The molecule has 0 aliphatic heterocycles. The van der Waals surface area contributed by atoms with Gasteiger partial charge in [-0.15, -0.1) is 0 Å². The van der Waals surface area contributed by atoms with E-state index in [1.807, 2.05) is 6.07 Å². The van der Waals surface area contributed by atoms with Crippen molar-refractivity contribution in [1.82, 2.24) is 0 Å². The standard InChI is InChI=1S/C8H7ClFN/c9-7-2-1-6(3-4-11)8(10)5-7/h1-2,5-6,8H,3H2. The first kappa shape index (κ1) is 8.29. The summed E-state index contributed by atoms with van der Waals surface area (Å²) in [4.78, 5) is 0. The third-order valence-electron chi connectivity index (χ3n) is 1.56. The minimum Gasteiger partial charge on any atom is -0.242 e. The lowest BCUT2D eigenvalue weighted by Gasteiger charge is -2.14. The third-order valence-corrected chi connectivity index (χ3v) is 1.81. The van der Waals surface area contributed by atoms with E-state index in [0.29, 0.717) is 5.03 Å². The molecule has 0 saturated carbocycles. The van der Waals surface area contributed by atoms with Crippen LogP contribution in [0, 0.1) is 17.2 Å². The molecule has 0 heterocycles. The Bertz CT molecular complexity index is 239. The van der Waals surface area contributed by atoms with Crippen molar-refractivity contribution in [3.63, 3.8) is 0 Å². The molecule has 11 heavy (non-hydrogen) atoms. The number of hydrogen-bond acceptors (Lipinski definition) is 1. The van der Waals surface area contributed by atoms with Crippen LogP contribution in [0.5, 0.6) is 0 Å². The fourth-order valence-corrected chi connectivity index (χ4v) is 1.13. The first-order valence-corrected chi connectivity index (χ1v) is 3.68. The van der Waals surface area contributed by atoms with Crippen LogP contribution >= 0.6 is 11.6 Å². The van der Waals surface area contributed by atoms with Gasteiger partial charge in [0.1, 0.15) is 6.17 Å².